The van der Waals surface area contributed by atoms with Crippen LogP contribution in [0.1, 0.15) is 53.9 Å². The Hall–Kier alpha value is -1.90. The predicted molar refractivity (Wildman–Crippen MR) is 127 cm³/mol. The zero-order chi connectivity index (χ0) is 21.7. The molecule has 0 radical (unpaired) electrons. The summed E-state index contributed by atoms with van der Waals surface area (Å²) in [5.41, 5.74) is 3.57. The minimum Gasteiger partial charge on any atom is -0.385 e. The summed E-state index contributed by atoms with van der Waals surface area (Å²) in [6.45, 7) is 25.5. The second-order valence-corrected chi connectivity index (χ2v) is 9.33. The first-order valence-corrected chi connectivity index (χ1v) is 11.3. The zero-order valence-corrected chi connectivity index (χ0v) is 19.6. The number of nitrogens with zero attached hydrogens (tertiary/aromatic N) is 2. The summed E-state index contributed by atoms with van der Waals surface area (Å²) in [4.78, 5) is 4.95. The van der Waals surface area contributed by atoms with Gasteiger partial charge in [-0.1, -0.05) is 64.8 Å². The van der Waals surface area contributed by atoms with Crippen molar-refractivity contribution >= 4 is 0 Å². The molecule has 1 saturated heterocycles. The van der Waals surface area contributed by atoms with E-state index in [1.807, 2.05) is 0 Å². The number of hydrogen-bond donors (Lipinski definition) is 1. The third-order valence-corrected chi connectivity index (χ3v) is 6.48. The normalized spacial score (nSPS) is 24.8. The SMILES string of the molecule is C=C(NC(C)C)C(C(C)C)N(C)C(=C)C1CCN(C(=C)CC)C1C1C=CC=CC1. The van der Waals surface area contributed by atoms with Crippen LogP contribution in [0.15, 0.2) is 61.1 Å². The first-order valence-electron chi connectivity index (χ1n) is 11.3. The third kappa shape index (κ3) is 5.38. The molecule has 0 aromatic carbocycles. The molecule has 2 rings (SSSR count). The van der Waals surface area contributed by atoms with Crippen LogP contribution in [0, 0.1) is 17.8 Å². The van der Waals surface area contributed by atoms with Crippen molar-refractivity contribution in [3.8, 4) is 0 Å². The van der Waals surface area contributed by atoms with E-state index in [1.165, 1.54) is 11.4 Å². The van der Waals surface area contributed by atoms with Crippen LogP contribution in [0.2, 0.25) is 0 Å². The molecule has 1 heterocycles. The van der Waals surface area contributed by atoms with E-state index in [4.69, 9.17) is 0 Å². The van der Waals surface area contributed by atoms with Gasteiger partial charge in [0.2, 0.25) is 0 Å². The highest BCUT2D eigenvalue weighted by Crippen LogP contribution is 2.41. The number of rotatable bonds is 10. The third-order valence-electron chi connectivity index (χ3n) is 6.48. The van der Waals surface area contributed by atoms with Gasteiger partial charge in [-0.05, 0) is 39.0 Å². The molecule has 4 unspecified atom stereocenters. The Kier molecular flexibility index (Phi) is 8.24. The van der Waals surface area contributed by atoms with Crippen molar-refractivity contribution < 1.29 is 0 Å². The first-order chi connectivity index (χ1) is 13.7. The van der Waals surface area contributed by atoms with Gasteiger partial charge in [0.1, 0.15) is 0 Å². The van der Waals surface area contributed by atoms with E-state index in [1.54, 1.807) is 0 Å². The van der Waals surface area contributed by atoms with Crippen molar-refractivity contribution in [3.05, 3.63) is 61.1 Å². The van der Waals surface area contributed by atoms with Crippen LogP contribution in [-0.4, -0.2) is 41.5 Å². The van der Waals surface area contributed by atoms with Crippen LogP contribution in [0.25, 0.3) is 0 Å². The van der Waals surface area contributed by atoms with E-state index in [-0.39, 0.29) is 6.04 Å². The monoisotopic (exact) mass is 397 g/mol. The van der Waals surface area contributed by atoms with Crippen LogP contribution in [0.4, 0.5) is 0 Å². The molecular formula is C26H43N3. The fourth-order valence-electron chi connectivity index (χ4n) is 5.11. The second kappa shape index (κ2) is 10.2. The molecule has 0 amide bonds. The fraction of sp³-hybridized carbons (Fsp3) is 0.615. The molecule has 1 aliphatic heterocycles. The molecule has 162 valence electrons. The molecule has 0 spiro atoms. The van der Waals surface area contributed by atoms with Gasteiger partial charge >= 0.3 is 0 Å². The van der Waals surface area contributed by atoms with Crippen molar-refractivity contribution in [1.29, 1.82) is 0 Å². The average molecular weight is 398 g/mol. The van der Waals surface area contributed by atoms with Crippen molar-refractivity contribution in [2.75, 3.05) is 13.6 Å². The second-order valence-electron chi connectivity index (χ2n) is 9.33. The minimum absolute atomic E-state index is 0.232. The lowest BCUT2D eigenvalue weighted by atomic mass is 9.82. The van der Waals surface area contributed by atoms with E-state index in [0.717, 1.165) is 31.5 Å². The summed E-state index contributed by atoms with van der Waals surface area (Å²) in [5.74, 6) is 1.39. The zero-order valence-electron chi connectivity index (χ0n) is 19.6. The molecule has 2 aliphatic rings. The van der Waals surface area contributed by atoms with Gasteiger partial charge in [-0.25, -0.2) is 0 Å². The topological polar surface area (TPSA) is 18.5 Å². The van der Waals surface area contributed by atoms with Gasteiger partial charge in [-0.3, -0.25) is 0 Å². The number of hydrogen-bond acceptors (Lipinski definition) is 3. The van der Waals surface area contributed by atoms with Crippen LogP contribution in [0.3, 0.4) is 0 Å². The molecule has 3 heteroatoms. The van der Waals surface area contributed by atoms with Gasteiger partial charge in [0.15, 0.2) is 0 Å². The van der Waals surface area contributed by atoms with Gasteiger partial charge in [0, 0.05) is 54.6 Å². The highest BCUT2D eigenvalue weighted by atomic mass is 15.2. The van der Waals surface area contributed by atoms with Gasteiger partial charge in [0.05, 0.1) is 6.04 Å². The smallest absolute Gasteiger partial charge is 0.0698 e. The molecule has 0 saturated carbocycles. The van der Waals surface area contributed by atoms with Crippen molar-refractivity contribution in [2.45, 2.75) is 72.0 Å². The molecule has 4 atom stereocenters. The molecule has 0 aromatic heterocycles. The van der Waals surface area contributed by atoms with Gasteiger partial charge in [0.25, 0.3) is 0 Å². The van der Waals surface area contributed by atoms with E-state index in [9.17, 15) is 0 Å². The molecule has 1 N–H and O–H groups in total. The lowest BCUT2D eigenvalue weighted by Gasteiger charge is -2.42. The highest BCUT2D eigenvalue weighted by molar-refractivity contribution is 5.22. The highest BCUT2D eigenvalue weighted by Gasteiger charge is 2.42. The molecule has 1 aliphatic carbocycles. The Balaban J connectivity index is 2.27. The predicted octanol–water partition coefficient (Wildman–Crippen LogP) is 5.71. The van der Waals surface area contributed by atoms with E-state index in [0.29, 0.717) is 29.8 Å². The van der Waals surface area contributed by atoms with Crippen LogP contribution in [-0.2, 0) is 0 Å². The van der Waals surface area contributed by atoms with Crippen molar-refractivity contribution in [2.24, 2.45) is 17.8 Å². The number of nitrogens with one attached hydrogen (secondary N) is 1. The largest absolute Gasteiger partial charge is 0.385 e. The summed E-state index contributed by atoms with van der Waals surface area (Å²) >= 11 is 0. The summed E-state index contributed by atoms with van der Waals surface area (Å²) in [5, 5.41) is 3.54. The standard InChI is InChI=1S/C26H43N3/c1-10-20(6)29-17-16-24(26(29)23-14-12-11-13-15-23)22(8)28(9)25(18(2)3)21(7)27-19(4)5/h11-14,18-19,23-27H,6-8,10,15-17H2,1-5,9H3. The van der Waals surface area contributed by atoms with Crippen LogP contribution < -0.4 is 5.32 Å². The maximum absolute atomic E-state index is 4.62. The average Bonchev–Trinajstić information content (AvgIpc) is 3.11. The van der Waals surface area contributed by atoms with E-state index >= 15 is 0 Å². The van der Waals surface area contributed by atoms with Gasteiger partial charge < -0.3 is 15.1 Å². The lowest BCUT2D eigenvalue weighted by Crippen LogP contribution is -2.46. The van der Waals surface area contributed by atoms with Crippen LogP contribution in [0.5, 0.6) is 0 Å². The van der Waals surface area contributed by atoms with Crippen molar-refractivity contribution in [1.82, 2.24) is 15.1 Å². The number of likely N-dealkylation sites (N-methyl/N-ethyl adjacent to an activating group) is 1. The summed E-state index contributed by atoms with van der Waals surface area (Å²) < 4.78 is 0. The van der Waals surface area contributed by atoms with Gasteiger partial charge in [-0.15, -0.1) is 0 Å². The molecular weight excluding hydrogens is 354 g/mol. The number of likely N-dealkylation sites (tertiary alicyclic amines) is 1. The Bertz CT molecular complexity index is 655. The molecule has 0 bridgehead atoms. The van der Waals surface area contributed by atoms with E-state index < -0.39 is 0 Å². The Morgan fingerprint density at radius 1 is 1.17 bits per heavy atom. The maximum Gasteiger partial charge on any atom is 0.0698 e. The molecule has 1 fully saturated rings. The Morgan fingerprint density at radius 3 is 2.38 bits per heavy atom. The fourth-order valence-corrected chi connectivity index (χ4v) is 5.11. The Morgan fingerprint density at radius 2 is 1.86 bits per heavy atom. The molecule has 0 aromatic rings. The van der Waals surface area contributed by atoms with Crippen molar-refractivity contribution in [3.63, 3.8) is 0 Å². The summed E-state index contributed by atoms with van der Waals surface area (Å²) in [6.07, 6.45) is 12.3. The summed E-state index contributed by atoms with van der Waals surface area (Å²) in [7, 11) is 2.20. The maximum atomic E-state index is 4.62. The van der Waals surface area contributed by atoms with Gasteiger partial charge in [-0.2, -0.15) is 0 Å². The summed E-state index contributed by atoms with van der Waals surface area (Å²) in [6, 6.07) is 1.04. The van der Waals surface area contributed by atoms with E-state index in [2.05, 4.69) is 101 Å². The first kappa shape index (κ1) is 23.4. The minimum atomic E-state index is 0.232. The Labute approximate surface area is 179 Å². The lowest BCUT2D eigenvalue weighted by molar-refractivity contribution is 0.190. The van der Waals surface area contributed by atoms with Crippen LogP contribution >= 0.6 is 0 Å². The molecule has 3 nitrogen and oxygen atoms in total. The molecule has 29 heavy (non-hydrogen) atoms. The quantitative estimate of drug-likeness (QED) is 0.509. The number of allylic oxidation sites excluding steroid dienone is 4.